The lowest BCUT2D eigenvalue weighted by Crippen LogP contribution is -2.42. The first-order chi connectivity index (χ1) is 15.8. The van der Waals surface area contributed by atoms with Crippen molar-refractivity contribution in [2.75, 3.05) is 36.6 Å². The van der Waals surface area contributed by atoms with E-state index in [2.05, 4.69) is 9.97 Å². The highest BCUT2D eigenvalue weighted by molar-refractivity contribution is 7.99. The van der Waals surface area contributed by atoms with E-state index in [1.54, 1.807) is 14.0 Å². The van der Waals surface area contributed by atoms with Crippen LogP contribution in [-0.2, 0) is 16.1 Å². The number of carbonyl (C=O) groups excluding carboxylic acids is 1. The molecule has 0 fully saturated rings. The van der Waals surface area contributed by atoms with E-state index in [1.807, 2.05) is 37.3 Å². The first kappa shape index (κ1) is 24.3. The molecule has 0 bridgehead atoms. The second-order valence-electron chi connectivity index (χ2n) is 7.37. The average Bonchev–Trinajstić information content (AvgIpc) is 3.11. The van der Waals surface area contributed by atoms with Crippen molar-refractivity contribution in [1.29, 1.82) is 0 Å². The number of aromatic amines is 1. The summed E-state index contributed by atoms with van der Waals surface area (Å²) in [6, 6.07) is 9.23. The number of nitrogens with zero attached hydrogens (tertiary/aromatic N) is 3. The molecule has 176 valence electrons. The number of hydrogen-bond donors (Lipinski definition) is 2. The molecule has 3 N–H and O–H groups in total. The number of methoxy groups -OCH3 is 1. The first-order valence-corrected chi connectivity index (χ1v) is 11.3. The van der Waals surface area contributed by atoms with Crippen LogP contribution < -0.4 is 21.9 Å². The van der Waals surface area contributed by atoms with Gasteiger partial charge in [0.1, 0.15) is 11.6 Å². The van der Waals surface area contributed by atoms with Crippen molar-refractivity contribution >= 4 is 29.2 Å². The van der Waals surface area contributed by atoms with Gasteiger partial charge in [-0.25, -0.2) is 9.78 Å². The molecule has 0 aliphatic rings. The van der Waals surface area contributed by atoms with Gasteiger partial charge in [-0.3, -0.25) is 19.1 Å². The Labute approximate surface area is 194 Å². The molecule has 2 heterocycles. The predicted molar refractivity (Wildman–Crippen MR) is 127 cm³/mol. The van der Waals surface area contributed by atoms with E-state index in [1.165, 1.54) is 9.47 Å². The van der Waals surface area contributed by atoms with Crippen LogP contribution in [0.4, 0.5) is 11.5 Å². The third-order valence-corrected chi connectivity index (χ3v) is 5.84. The number of oxazole rings is 1. The van der Waals surface area contributed by atoms with E-state index in [0.717, 1.165) is 23.0 Å². The third-order valence-electron chi connectivity index (χ3n) is 5.03. The maximum Gasteiger partial charge on any atom is 0.330 e. The third kappa shape index (κ3) is 5.93. The number of amides is 1. The first-order valence-electron chi connectivity index (χ1n) is 10.3. The largest absolute Gasteiger partial charge is 0.437 e. The highest BCUT2D eigenvalue weighted by atomic mass is 32.2. The SMILES string of the molecule is COCCCN(C(=O)CSc1nc(C)c(C)o1)c1c(N)n(Cc2ccccc2)c(=O)[nH]c1=O. The number of nitrogen functional groups attached to an aromatic ring is 1. The Morgan fingerprint density at radius 3 is 2.64 bits per heavy atom. The molecule has 0 unspecified atom stereocenters. The van der Waals surface area contributed by atoms with Crippen molar-refractivity contribution in [3.63, 3.8) is 0 Å². The molecule has 10 nitrogen and oxygen atoms in total. The van der Waals surface area contributed by atoms with Gasteiger partial charge in [-0.05, 0) is 25.8 Å². The summed E-state index contributed by atoms with van der Waals surface area (Å²) in [5.74, 6) is 0.205. The number of nitrogens with one attached hydrogen (secondary N) is 1. The second kappa shape index (κ2) is 11.0. The lowest BCUT2D eigenvalue weighted by molar-refractivity contribution is -0.116. The molecule has 2 aromatic heterocycles. The fourth-order valence-corrected chi connectivity index (χ4v) is 3.98. The highest BCUT2D eigenvalue weighted by Gasteiger charge is 2.25. The molecule has 0 saturated heterocycles. The summed E-state index contributed by atoms with van der Waals surface area (Å²) in [5.41, 5.74) is 6.43. The number of carbonyl (C=O) groups is 1. The second-order valence-corrected chi connectivity index (χ2v) is 8.29. The number of anilines is 2. The molecular weight excluding hydrogens is 446 g/mol. The number of thioether (sulfide) groups is 1. The number of benzene rings is 1. The van der Waals surface area contributed by atoms with Gasteiger partial charge < -0.3 is 19.8 Å². The molecule has 0 radical (unpaired) electrons. The zero-order valence-electron chi connectivity index (χ0n) is 18.8. The van der Waals surface area contributed by atoms with Gasteiger partial charge in [-0.15, -0.1) is 0 Å². The van der Waals surface area contributed by atoms with Crippen LogP contribution >= 0.6 is 11.8 Å². The summed E-state index contributed by atoms with van der Waals surface area (Å²) < 4.78 is 11.9. The number of rotatable bonds is 10. The summed E-state index contributed by atoms with van der Waals surface area (Å²) in [6.45, 7) is 4.34. The van der Waals surface area contributed by atoms with Crippen LogP contribution in [0.15, 0.2) is 49.6 Å². The number of ether oxygens (including phenoxy) is 1. The number of H-pyrrole nitrogens is 1. The van der Waals surface area contributed by atoms with E-state index in [0.29, 0.717) is 24.0 Å². The number of aryl methyl sites for hydroxylation is 2. The summed E-state index contributed by atoms with van der Waals surface area (Å²) >= 11 is 1.13. The quantitative estimate of drug-likeness (QED) is 0.337. The Kier molecular flexibility index (Phi) is 8.12. The molecule has 0 spiro atoms. The lowest BCUT2D eigenvalue weighted by atomic mass is 10.2. The molecule has 0 saturated carbocycles. The Morgan fingerprint density at radius 1 is 1.27 bits per heavy atom. The lowest BCUT2D eigenvalue weighted by Gasteiger charge is -2.24. The van der Waals surface area contributed by atoms with Crippen LogP contribution in [0, 0.1) is 13.8 Å². The number of nitrogens with two attached hydrogens (primary N) is 1. The van der Waals surface area contributed by atoms with Crippen molar-refractivity contribution in [1.82, 2.24) is 14.5 Å². The summed E-state index contributed by atoms with van der Waals surface area (Å²) in [4.78, 5) is 46.3. The molecule has 11 heteroatoms. The zero-order valence-corrected chi connectivity index (χ0v) is 19.6. The Bertz CT molecular complexity index is 1200. The minimum absolute atomic E-state index is 0.0247. The molecule has 0 atom stereocenters. The van der Waals surface area contributed by atoms with Crippen LogP contribution in [0.25, 0.3) is 0 Å². The van der Waals surface area contributed by atoms with Crippen molar-refractivity contribution in [3.8, 4) is 0 Å². The smallest absolute Gasteiger partial charge is 0.330 e. The summed E-state index contributed by atoms with van der Waals surface area (Å²) in [5, 5.41) is 0.367. The van der Waals surface area contributed by atoms with Crippen molar-refractivity contribution < 1.29 is 13.9 Å². The van der Waals surface area contributed by atoms with Gasteiger partial charge in [-0.2, -0.15) is 0 Å². The van der Waals surface area contributed by atoms with Crippen LogP contribution in [0.5, 0.6) is 0 Å². The van der Waals surface area contributed by atoms with Crippen LogP contribution in [-0.4, -0.2) is 46.5 Å². The van der Waals surface area contributed by atoms with Crippen molar-refractivity contribution in [2.45, 2.75) is 32.0 Å². The molecule has 0 aliphatic heterocycles. The van der Waals surface area contributed by atoms with Gasteiger partial charge in [0, 0.05) is 20.3 Å². The van der Waals surface area contributed by atoms with Crippen LogP contribution in [0.1, 0.15) is 23.4 Å². The van der Waals surface area contributed by atoms with E-state index < -0.39 is 11.2 Å². The molecule has 1 aromatic carbocycles. The van der Waals surface area contributed by atoms with E-state index in [9.17, 15) is 14.4 Å². The Morgan fingerprint density at radius 2 is 2.00 bits per heavy atom. The number of hydrogen-bond acceptors (Lipinski definition) is 8. The van der Waals surface area contributed by atoms with Gasteiger partial charge in [0.25, 0.3) is 10.8 Å². The fraction of sp³-hybridized carbons (Fsp3) is 0.364. The van der Waals surface area contributed by atoms with Gasteiger partial charge in [0.05, 0.1) is 18.0 Å². The van der Waals surface area contributed by atoms with E-state index >= 15 is 0 Å². The van der Waals surface area contributed by atoms with Gasteiger partial charge in [-0.1, -0.05) is 42.1 Å². The maximum absolute atomic E-state index is 13.2. The van der Waals surface area contributed by atoms with E-state index in [4.69, 9.17) is 14.9 Å². The minimum Gasteiger partial charge on any atom is -0.437 e. The zero-order chi connectivity index (χ0) is 24.0. The van der Waals surface area contributed by atoms with Gasteiger partial charge in [0.15, 0.2) is 5.69 Å². The molecule has 3 rings (SSSR count). The van der Waals surface area contributed by atoms with E-state index in [-0.39, 0.29) is 36.3 Å². The van der Waals surface area contributed by atoms with Crippen molar-refractivity contribution in [3.05, 3.63) is 68.2 Å². The Hall–Kier alpha value is -3.31. The molecule has 1 amide bonds. The van der Waals surface area contributed by atoms with Gasteiger partial charge >= 0.3 is 5.69 Å². The minimum atomic E-state index is -0.722. The average molecular weight is 474 g/mol. The molecule has 3 aromatic rings. The predicted octanol–water partition coefficient (Wildman–Crippen LogP) is 1.93. The summed E-state index contributed by atoms with van der Waals surface area (Å²) in [7, 11) is 1.55. The van der Waals surface area contributed by atoms with Crippen LogP contribution in [0.2, 0.25) is 0 Å². The molecular formula is C22H27N5O5S. The highest BCUT2D eigenvalue weighted by Crippen LogP contribution is 2.23. The number of aromatic nitrogens is 3. The fourth-order valence-electron chi connectivity index (χ4n) is 3.20. The maximum atomic E-state index is 13.2. The monoisotopic (exact) mass is 473 g/mol. The standard InChI is InChI=1S/C22H27N5O5S/c1-14-15(2)32-22(24-14)33-13-17(28)26(10-7-11-31-3)18-19(23)27(21(30)25-20(18)29)12-16-8-5-4-6-9-16/h4-6,8-9H,7,10-13,23H2,1-3H3,(H,25,29,30). The normalized spacial score (nSPS) is 11.0. The van der Waals surface area contributed by atoms with Gasteiger partial charge in [0.2, 0.25) is 5.91 Å². The molecule has 33 heavy (non-hydrogen) atoms. The van der Waals surface area contributed by atoms with Crippen LogP contribution in [0.3, 0.4) is 0 Å². The Balaban J connectivity index is 1.93. The topological polar surface area (TPSA) is 136 Å². The summed E-state index contributed by atoms with van der Waals surface area (Å²) in [6.07, 6.45) is 0.473. The van der Waals surface area contributed by atoms with Crippen molar-refractivity contribution in [2.24, 2.45) is 0 Å². The molecule has 0 aliphatic carbocycles.